The first-order valence-electron chi connectivity index (χ1n) is 6.90. The van der Waals surface area contributed by atoms with E-state index in [4.69, 9.17) is 0 Å². The van der Waals surface area contributed by atoms with Crippen LogP contribution in [0, 0.1) is 13.8 Å². The molecule has 0 spiro atoms. The van der Waals surface area contributed by atoms with Crippen molar-refractivity contribution in [1.29, 1.82) is 0 Å². The lowest BCUT2D eigenvalue weighted by molar-refractivity contribution is 0.140. The Kier molecular flexibility index (Phi) is 4.75. The van der Waals surface area contributed by atoms with Gasteiger partial charge in [0.05, 0.1) is 6.54 Å². The first-order valence-corrected chi connectivity index (χ1v) is 6.90. The van der Waals surface area contributed by atoms with Gasteiger partial charge in [0.2, 0.25) is 0 Å². The average Bonchev–Trinajstić information content (AvgIpc) is 2.40. The van der Waals surface area contributed by atoms with Crippen LogP contribution < -0.4 is 10.2 Å². The lowest BCUT2D eigenvalue weighted by atomic mass is 10.0. The molecule has 1 aromatic carbocycles. The van der Waals surface area contributed by atoms with Crippen LogP contribution in [0.1, 0.15) is 24.0 Å². The number of anilines is 1. The predicted octanol–water partition coefficient (Wildman–Crippen LogP) is 3.13. The summed E-state index contributed by atoms with van der Waals surface area (Å²) in [5.74, 6) is 0. The van der Waals surface area contributed by atoms with Crippen molar-refractivity contribution in [2.75, 3.05) is 24.5 Å². The SMILES string of the molecule is Cc1ccc(N2CCCC(NCC(F)F)C2)cc1C. The summed E-state index contributed by atoms with van der Waals surface area (Å²) in [5.41, 5.74) is 3.76. The molecule has 0 saturated carbocycles. The number of piperidine rings is 1. The number of benzene rings is 1. The third-order valence-electron chi connectivity index (χ3n) is 3.84. The van der Waals surface area contributed by atoms with E-state index in [1.165, 1.54) is 16.8 Å². The van der Waals surface area contributed by atoms with Crippen molar-refractivity contribution >= 4 is 5.69 Å². The second-order valence-corrected chi connectivity index (χ2v) is 5.35. The van der Waals surface area contributed by atoms with Gasteiger partial charge < -0.3 is 10.2 Å². The highest BCUT2D eigenvalue weighted by molar-refractivity contribution is 5.51. The van der Waals surface area contributed by atoms with Crippen LogP contribution in [0.15, 0.2) is 18.2 Å². The number of halogens is 2. The van der Waals surface area contributed by atoms with Gasteiger partial charge in [-0.2, -0.15) is 0 Å². The van der Waals surface area contributed by atoms with Crippen molar-refractivity contribution in [2.24, 2.45) is 0 Å². The molecular formula is C15H22F2N2. The molecule has 1 unspecified atom stereocenters. The first-order chi connectivity index (χ1) is 9.06. The number of aryl methyl sites for hydroxylation is 2. The molecule has 0 aliphatic carbocycles. The lowest BCUT2D eigenvalue weighted by Gasteiger charge is -2.35. The Morgan fingerprint density at radius 1 is 1.32 bits per heavy atom. The predicted molar refractivity (Wildman–Crippen MR) is 75.2 cm³/mol. The third-order valence-corrected chi connectivity index (χ3v) is 3.84. The molecule has 1 heterocycles. The number of nitrogens with zero attached hydrogens (tertiary/aromatic N) is 1. The minimum absolute atomic E-state index is 0.171. The third kappa shape index (κ3) is 3.90. The maximum atomic E-state index is 12.2. The second-order valence-electron chi connectivity index (χ2n) is 5.35. The molecule has 4 heteroatoms. The highest BCUT2D eigenvalue weighted by atomic mass is 19.3. The molecule has 1 aromatic rings. The fourth-order valence-corrected chi connectivity index (χ4v) is 2.56. The van der Waals surface area contributed by atoms with E-state index in [2.05, 4.69) is 42.3 Å². The summed E-state index contributed by atoms with van der Waals surface area (Å²) >= 11 is 0. The Balaban J connectivity index is 1.98. The number of nitrogens with one attached hydrogen (secondary N) is 1. The maximum absolute atomic E-state index is 12.2. The first kappa shape index (κ1) is 14.3. The van der Waals surface area contributed by atoms with Gasteiger partial charge in [0, 0.05) is 24.8 Å². The smallest absolute Gasteiger partial charge is 0.250 e. The van der Waals surface area contributed by atoms with Crippen molar-refractivity contribution in [2.45, 2.75) is 39.2 Å². The minimum atomic E-state index is -2.27. The van der Waals surface area contributed by atoms with E-state index in [0.29, 0.717) is 0 Å². The molecule has 1 aliphatic heterocycles. The van der Waals surface area contributed by atoms with Crippen LogP contribution in [0.2, 0.25) is 0 Å². The van der Waals surface area contributed by atoms with Crippen molar-refractivity contribution in [1.82, 2.24) is 5.32 Å². The van der Waals surface area contributed by atoms with E-state index in [9.17, 15) is 8.78 Å². The van der Waals surface area contributed by atoms with Crippen molar-refractivity contribution in [3.63, 3.8) is 0 Å². The molecule has 1 atom stereocenters. The molecule has 0 bridgehead atoms. The topological polar surface area (TPSA) is 15.3 Å². The molecule has 0 radical (unpaired) electrons. The number of hydrogen-bond acceptors (Lipinski definition) is 2. The molecule has 2 rings (SSSR count). The molecule has 0 aromatic heterocycles. The van der Waals surface area contributed by atoms with Crippen LogP contribution in [-0.4, -0.2) is 32.1 Å². The molecule has 0 amide bonds. The summed E-state index contributed by atoms with van der Waals surface area (Å²) in [4.78, 5) is 2.29. The summed E-state index contributed by atoms with van der Waals surface area (Å²) in [6.45, 7) is 5.83. The van der Waals surface area contributed by atoms with Crippen LogP contribution in [0.4, 0.5) is 14.5 Å². The fourth-order valence-electron chi connectivity index (χ4n) is 2.56. The zero-order chi connectivity index (χ0) is 13.8. The van der Waals surface area contributed by atoms with E-state index < -0.39 is 6.43 Å². The molecule has 19 heavy (non-hydrogen) atoms. The molecular weight excluding hydrogens is 246 g/mol. The van der Waals surface area contributed by atoms with Gasteiger partial charge in [0.15, 0.2) is 0 Å². The monoisotopic (exact) mass is 268 g/mol. The number of hydrogen-bond donors (Lipinski definition) is 1. The van der Waals surface area contributed by atoms with Gasteiger partial charge in [-0.05, 0) is 49.9 Å². The molecule has 106 valence electrons. The van der Waals surface area contributed by atoms with Crippen LogP contribution in [0.5, 0.6) is 0 Å². The van der Waals surface area contributed by atoms with Crippen LogP contribution >= 0.6 is 0 Å². The molecule has 1 N–H and O–H groups in total. The Morgan fingerprint density at radius 3 is 2.79 bits per heavy atom. The summed E-state index contributed by atoms with van der Waals surface area (Å²) in [5, 5.41) is 2.96. The molecule has 2 nitrogen and oxygen atoms in total. The standard InChI is InChI=1S/C15H22F2N2/c1-11-5-6-14(8-12(11)2)19-7-3-4-13(10-19)18-9-15(16)17/h5-6,8,13,15,18H,3-4,7,9-10H2,1-2H3. The fraction of sp³-hybridized carbons (Fsp3) is 0.600. The normalized spacial score (nSPS) is 20.1. The lowest BCUT2D eigenvalue weighted by Crippen LogP contribution is -2.47. The quantitative estimate of drug-likeness (QED) is 0.902. The molecule has 1 saturated heterocycles. The Bertz CT molecular complexity index is 421. The highest BCUT2D eigenvalue weighted by Crippen LogP contribution is 2.22. The minimum Gasteiger partial charge on any atom is -0.370 e. The largest absolute Gasteiger partial charge is 0.370 e. The van der Waals surface area contributed by atoms with Crippen LogP contribution in [0.25, 0.3) is 0 Å². The Morgan fingerprint density at radius 2 is 2.11 bits per heavy atom. The molecule has 1 fully saturated rings. The van der Waals surface area contributed by atoms with E-state index in [-0.39, 0.29) is 12.6 Å². The number of alkyl halides is 2. The van der Waals surface area contributed by atoms with Crippen LogP contribution in [-0.2, 0) is 0 Å². The van der Waals surface area contributed by atoms with E-state index >= 15 is 0 Å². The van der Waals surface area contributed by atoms with Gasteiger partial charge in [-0.25, -0.2) is 8.78 Å². The van der Waals surface area contributed by atoms with Crippen molar-refractivity contribution < 1.29 is 8.78 Å². The zero-order valence-electron chi connectivity index (χ0n) is 11.6. The van der Waals surface area contributed by atoms with Gasteiger partial charge >= 0.3 is 0 Å². The van der Waals surface area contributed by atoms with Gasteiger partial charge in [-0.1, -0.05) is 6.07 Å². The van der Waals surface area contributed by atoms with Crippen LogP contribution in [0.3, 0.4) is 0 Å². The summed E-state index contributed by atoms with van der Waals surface area (Å²) in [7, 11) is 0. The van der Waals surface area contributed by atoms with Crippen molar-refractivity contribution in [3.05, 3.63) is 29.3 Å². The Hall–Kier alpha value is -1.16. The summed E-state index contributed by atoms with van der Waals surface area (Å²) < 4.78 is 24.5. The number of rotatable bonds is 4. The van der Waals surface area contributed by atoms with Crippen molar-refractivity contribution in [3.8, 4) is 0 Å². The van der Waals surface area contributed by atoms with Gasteiger partial charge in [0.25, 0.3) is 6.43 Å². The van der Waals surface area contributed by atoms with Gasteiger partial charge in [-0.3, -0.25) is 0 Å². The van der Waals surface area contributed by atoms with Gasteiger partial charge in [-0.15, -0.1) is 0 Å². The van der Waals surface area contributed by atoms with Gasteiger partial charge in [0.1, 0.15) is 0 Å². The maximum Gasteiger partial charge on any atom is 0.250 e. The van der Waals surface area contributed by atoms with E-state index in [1.807, 2.05) is 0 Å². The highest BCUT2D eigenvalue weighted by Gasteiger charge is 2.20. The van der Waals surface area contributed by atoms with E-state index in [0.717, 1.165) is 25.9 Å². The average molecular weight is 268 g/mol. The van der Waals surface area contributed by atoms with E-state index in [1.54, 1.807) is 0 Å². The second kappa shape index (κ2) is 6.33. The summed E-state index contributed by atoms with van der Waals surface area (Å²) in [6, 6.07) is 6.60. The molecule has 1 aliphatic rings. The Labute approximate surface area is 113 Å². The summed E-state index contributed by atoms with van der Waals surface area (Å²) in [6.07, 6.45) is -0.237. The zero-order valence-corrected chi connectivity index (χ0v) is 11.6.